The molecule has 1 amide bonds. The highest BCUT2D eigenvalue weighted by Gasteiger charge is 2.58. The normalized spacial score (nSPS) is 38.2. The largest absolute Gasteiger partial charge is 0.356 e. The molecule has 4 aliphatic rings. The van der Waals surface area contributed by atoms with E-state index >= 15 is 0 Å². The topological polar surface area (TPSA) is 32.3 Å². The summed E-state index contributed by atoms with van der Waals surface area (Å²) in [7, 11) is 4.17. The van der Waals surface area contributed by atoms with E-state index in [1.165, 1.54) is 70.6 Å². The zero-order valence-electron chi connectivity index (χ0n) is 24.0. The highest BCUT2D eigenvalue weighted by molar-refractivity contribution is 5.78. The maximum Gasteiger partial charge on any atom is 0.222 e. The number of carbonyl (C=O) groups excluding carboxylic acids is 1. The molecule has 8 atom stereocenters. The van der Waals surface area contributed by atoms with Crippen molar-refractivity contribution in [2.75, 3.05) is 27.2 Å². The Morgan fingerprint density at radius 3 is 2.63 bits per heavy atom. The van der Waals surface area contributed by atoms with Gasteiger partial charge in [-0.1, -0.05) is 58.6 Å². The minimum Gasteiger partial charge on any atom is -0.356 e. The molecule has 1 N–H and O–H groups in total. The third-order valence-corrected chi connectivity index (χ3v) is 11.6. The lowest BCUT2D eigenvalue weighted by molar-refractivity contribution is -0.124. The van der Waals surface area contributed by atoms with Gasteiger partial charge in [-0.2, -0.15) is 0 Å². The molecule has 4 rings (SSSR count). The fraction of sp³-hybridized carbons (Fsp3) is 0.906. The number of nitrogens with one attached hydrogen (secondary N) is 1. The first-order valence-electron chi connectivity index (χ1n) is 15.3. The van der Waals surface area contributed by atoms with Crippen LogP contribution in [-0.2, 0) is 4.79 Å². The van der Waals surface area contributed by atoms with Gasteiger partial charge in [-0.15, -0.1) is 0 Å². The number of amides is 1. The molecule has 0 aromatic rings. The van der Waals surface area contributed by atoms with Crippen molar-refractivity contribution in [3.05, 3.63) is 11.6 Å². The number of rotatable bonds is 10. The van der Waals surface area contributed by atoms with Gasteiger partial charge in [0.2, 0.25) is 5.91 Å². The van der Waals surface area contributed by atoms with Gasteiger partial charge in [-0.3, -0.25) is 4.79 Å². The molecule has 0 aliphatic heterocycles. The van der Waals surface area contributed by atoms with Gasteiger partial charge in [-0.25, -0.2) is 0 Å². The average molecular weight is 485 g/mol. The summed E-state index contributed by atoms with van der Waals surface area (Å²) in [5, 5.41) is 3.15. The van der Waals surface area contributed by atoms with Crippen LogP contribution in [0.15, 0.2) is 11.6 Å². The smallest absolute Gasteiger partial charge is 0.222 e. The lowest BCUT2D eigenvalue weighted by Crippen LogP contribution is -2.50. The van der Waals surface area contributed by atoms with Crippen LogP contribution in [0, 0.1) is 46.3 Å². The van der Waals surface area contributed by atoms with Gasteiger partial charge in [0.15, 0.2) is 0 Å². The minimum absolute atomic E-state index is 0.142. The summed E-state index contributed by atoms with van der Waals surface area (Å²) in [6.45, 7) is 11.8. The van der Waals surface area contributed by atoms with E-state index in [1.807, 2.05) is 5.57 Å². The molecule has 0 aromatic carbocycles. The number of fused-ring (bicyclic) bond motifs is 5. The van der Waals surface area contributed by atoms with Gasteiger partial charge in [-0.05, 0) is 125 Å². The Morgan fingerprint density at radius 2 is 1.86 bits per heavy atom. The molecule has 35 heavy (non-hydrogen) atoms. The number of hydrogen-bond acceptors (Lipinski definition) is 2. The minimum atomic E-state index is 0.142. The van der Waals surface area contributed by atoms with Gasteiger partial charge < -0.3 is 10.2 Å². The lowest BCUT2D eigenvalue weighted by Gasteiger charge is -2.58. The quantitative estimate of drug-likeness (QED) is 0.258. The molecule has 0 radical (unpaired) electrons. The zero-order chi connectivity index (χ0) is 25.2. The van der Waals surface area contributed by atoms with E-state index in [9.17, 15) is 4.79 Å². The van der Waals surface area contributed by atoms with Crippen molar-refractivity contribution in [3.63, 3.8) is 0 Å². The van der Waals surface area contributed by atoms with E-state index in [4.69, 9.17) is 0 Å². The molecule has 3 saturated carbocycles. The summed E-state index contributed by atoms with van der Waals surface area (Å²) >= 11 is 0. The Hall–Kier alpha value is -0.830. The third-order valence-electron chi connectivity index (χ3n) is 11.6. The first kappa shape index (κ1) is 27.2. The van der Waals surface area contributed by atoms with Gasteiger partial charge in [0.05, 0.1) is 0 Å². The van der Waals surface area contributed by atoms with E-state index < -0.39 is 0 Å². The van der Waals surface area contributed by atoms with Crippen LogP contribution in [-0.4, -0.2) is 38.0 Å². The molecule has 0 aromatic heterocycles. The maximum absolute atomic E-state index is 12.5. The van der Waals surface area contributed by atoms with Crippen LogP contribution in [0.25, 0.3) is 0 Å². The van der Waals surface area contributed by atoms with Crippen molar-refractivity contribution in [3.8, 4) is 0 Å². The Morgan fingerprint density at radius 1 is 1.06 bits per heavy atom. The summed E-state index contributed by atoms with van der Waals surface area (Å²) in [4.78, 5) is 14.7. The van der Waals surface area contributed by atoms with Crippen LogP contribution in [0.2, 0.25) is 0 Å². The standard InChI is InChI=1S/C32H56N2O/c1-23(11-9-12-24(2)30(35)33-21-10-22-34(5)6)27-16-17-28-26-15-14-25-13-7-8-19-31(25,3)29(26)18-20-32(27,28)4/h14,23-24,26-29H,7-13,15-22H2,1-6H3,(H,33,35)/t23-,24?,26?,27-,28?,29?,31+,32-/m1/s1. The second kappa shape index (κ2) is 11.3. The highest BCUT2D eigenvalue weighted by Crippen LogP contribution is 2.67. The van der Waals surface area contributed by atoms with Gasteiger partial charge >= 0.3 is 0 Å². The Kier molecular flexibility index (Phi) is 8.77. The number of allylic oxidation sites excluding steroid dienone is 2. The van der Waals surface area contributed by atoms with Crippen LogP contribution in [0.1, 0.15) is 111 Å². The SMILES string of the molecule is CC(CCC[C@@H](C)[C@H]1CCC2C3CC=C4CCCC[C@]4(C)C3CC[C@@]21C)C(=O)NCCCN(C)C. The highest BCUT2D eigenvalue weighted by atomic mass is 16.1. The molecule has 3 nitrogen and oxygen atoms in total. The van der Waals surface area contributed by atoms with E-state index in [0.29, 0.717) is 10.8 Å². The monoisotopic (exact) mass is 484 g/mol. The van der Waals surface area contributed by atoms with Crippen molar-refractivity contribution >= 4 is 5.91 Å². The molecule has 3 fully saturated rings. The molecule has 4 aliphatic carbocycles. The Bertz CT molecular complexity index is 759. The van der Waals surface area contributed by atoms with Crippen LogP contribution in [0.4, 0.5) is 0 Å². The van der Waals surface area contributed by atoms with Gasteiger partial charge in [0.25, 0.3) is 0 Å². The number of nitrogens with zero attached hydrogens (tertiary/aromatic N) is 1. The zero-order valence-corrected chi connectivity index (χ0v) is 24.0. The molecular formula is C32H56N2O. The van der Waals surface area contributed by atoms with Gasteiger partial charge in [0.1, 0.15) is 0 Å². The Balaban J connectivity index is 1.27. The first-order chi connectivity index (χ1) is 16.7. The van der Waals surface area contributed by atoms with Crippen molar-refractivity contribution < 1.29 is 4.79 Å². The number of hydrogen-bond donors (Lipinski definition) is 1. The Labute approximate surface area is 217 Å². The summed E-state index contributed by atoms with van der Waals surface area (Å²) < 4.78 is 0. The second-order valence-corrected chi connectivity index (χ2v) is 14.0. The first-order valence-corrected chi connectivity index (χ1v) is 15.3. The molecule has 3 heteroatoms. The van der Waals surface area contributed by atoms with Crippen molar-refractivity contribution in [1.82, 2.24) is 10.2 Å². The molecule has 0 bridgehead atoms. The summed E-state index contributed by atoms with van der Waals surface area (Å²) in [5.41, 5.74) is 2.91. The molecule has 4 unspecified atom stereocenters. The van der Waals surface area contributed by atoms with Crippen LogP contribution >= 0.6 is 0 Å². The van der Waals surface area contributed by atoms with Crippen LogP contribution in [0.5, 0.6) is 0 Å². The van der Waals surface area contributed by atoms with Crippen molar-refractivity contribution in [2.24, 2.45) is 46.3 Å². The second-order valence-electron chi connectivity index (χ2n) is 14.0. The predicted octanol–water partition coefficient (Wildman–Crippen LogP) is 7.47. The van der Waals surface area contributed by atoms with Crippen molar-refractivity contribution in [1.29, 1.82) is 0 Å². The molecule has 0 heterocycles. The van der Waals surface area contributed by atoms with E-state index in [-0.39, 0.29) is 11.8 Å². The molecule has 200 valence electrons. The van der Waals surface area contributed by atoms with Crippen LogP contribution in [0.3, 0.4) is 0 Å². The number of carbonyl (C=O) groups is 1. The van der Waals surface area contributed by atoms with Crippen LogP contribution < -0.4 is 5.32 Å². The predicted molar refractivity (Wildman–Crippen MR) is 148 cm³/mol. The van der Waals surface area contributed by atoms with E-state index in [2.05, 4.69) is 58.1 Å². The third kappa shape index (κ3) is 5.55. The van der Waals surface area contributed by atoms with Gasteiger partial charge in [0, 0.05) is 12.5 Å². The molecule has 0 saturated heterocycles. The van der Waals surface area contributed by atoms with E-state index in [1.54, 1.807) is 0 Å². The molecular weight excluding hydrogens is 428 g/mol. The maximum atomic E-state index is 12.5. The summed E-state index contributed by atoms with van der Waals surface area (Å²) in [6.07, 6.45) is 20.2. The average Bonchev–Trinajstić information content (AvgIpc) is 3.18. The summed E-state index contributed by atoms with van der Waals surface area (Å²) in [6, 6.07) is 0. The van der Waals surface area contributed by atoms with E-state index in [0.717, 1.165) is 55.5 Å². The van der Waals surface area contributed by atoms with Crippen molar-refractivity contribution in [2.45, 2.75) is 111 Å². The molecule has 0 spiro atoms. The fourth-order valence-electron chi connectivity index (χ4n) is 9.53. The summed E-state index contributed by atoms with van der Waals surface area (Å²) in [5.74, 6) is 4.90. The lowest BCUT2D eigenvalue weighted by atomic mass is 9.47. The fourth-order valence-corrected chi connectivity index (χ4v) is 9.53.